The molecule has 1 aromatic heterocycles. The molecule has 1 atom stereocenters. The molecule has 3 aliphatic rings. The van der Waals surface area contributed by atoms with Crippen molar-refractivity contribution in [3.8, 4) is 5.75 Å². The molecule has 1 saturated heterocycles. The minimum atomic E-state index is -0.340. The van der Waals surface area contributed by atoms with Crippen molar-refractivity contribution in [3.05, 3.63) is 58.3 Å². The summed E-state index contributed by atoms with van der Waals surface area (Å²) in [4.78, 5) is 6.51. The van der Waals surface area contributed by atoms with Crippen LogP contribution in [0.2, 0.25) is 0 Å². The number of likely N-dealkylation sites (tertiary alicyclic amines) is 1. The molecule has 6 heteroatoms. The number of hydrazone groups is 1. The molecule has 2 aromatic rings. The van der Waals surface area contributed by atoms with Crippen LogP contribution in [0.5, 0.6) is 5.75 Å². The summed E-state index contributed by atoms with van der Waals surface area (Å²) in [6, 6.07) is 10.7. The predicted molar refractivity (Wildman–Crippen MR) is 104 cm³/mol. The fourth-order valence-electron chi connectivity index (χ4n) is 4.27. The maximum atomic E-state index is 6.62. The van der Waals surface area contributed by atoms with Gasteiger partial charge in [-0.25, -0.2) is 5.01 Å². The largest absolute Gasteiger partial charge is 0.466 e. The molecule has 0 radical (unpaired) electrons. The van der Waals surface area contributed by atoms with Gasteiger partial charge in [0.25, 0.3) is 0 Å². The zero-order valence-corrected chi connectivity index (χ0v) is 16.3. The predicted octanol–water partition coefficient (Wildman–Crippen LogP) is 3.81. The number of benzene rings is 1. The van der Waals surface area contributed by atoms with Gasteiger partial charge in [0.2, 0.25) is 5.72 Å². The first-order valence-corrected chi connectivity index (χ1v) is 9.88. The molecule has 1 spiro atoms. The third-order valence-electron chi connectivity index (χ3n) is 5.74. The number of piperidine rings is 1. The molecule has 3 aliphatic heterocycles. The minimum Gasteiger partial charge on any atom is -0.466 e. The van der Waals surface area contributed by atoms with Gasteiger partial charge in [0.1, 0.15) is 5.75 Å². The van der Waals surface area contributed by atoms with Crippen LogP contribution in [0.15, 0.2) is 52.3 Å². The van der Waals surface area contributed by atoms with E-state index >= 15 is 0 Å². The Bertz CT molecular complexity index is 861. The van der Waals surface area contributed by atoms with Crippen molar-refractivity contribution in [2.75, 3.05) is 20.1 Å². The number of fused-ring (bicyclic) bond motifs is 4. The van der Waals surface area contributed by atoms with Gasteiger partial charge in [0, 0.05) is 60.3 Å². The van der Waals surface area contributed by atoms with Crippen LogP contribution in [0.3, 0.4) is 0 Å². The summed E-state index contributed by atoms with van der Waals surface area (Å²) in [5, 5.41) is 7.33. The molecule has 5 rings (SSSR count). The van der Waals surface area contributed by atoms with Crippen LogP contribution in [-0.2, 0) is 0 Å². The third-order valence-corrected chi connectivity index (χ3v) is 6.23. The first-order valence-electron chi connectivity index (χ1n) is 9.09. The van der Waals surface area contributed by atoms with Gasteiger partial charge in [0.15, 0.2) is 0 Å². The zero-order valence-electron chi connectivity index (χ0n) is 14.7. The third kappa shape index (κ3) is 2.55. The van der Waals surface area contributed by atoms with Crippen LogP contribution in [0, 0.1) is 0 Å². The second-order valence-corrected chi connectivity index (χ2v) is 8.30. The number of rotatable bonds is 1. The highest BCUT2D eigenvalue weighted by Gasteiger charge is 2.51. The summed E-state index contributed by atoms with van der Waals surface area (Å²) in [6.07, 6.45) is 6.49. The van der Waals surface area contributed by atoms with Crippen molar-refractivity contribution in [3.63, 3.8) is 0 Å². The van der Waals surface area contributed by atoms with Crippen LogP contribution >= 0.6 is 15.9 Å². The molecular weight excluding hydrogens is 392 g/mol. The van der Waals surface area contributed by atoms with E-state index in [2.05, 4.69) is 56.1 Å². The Morgan fingerprint density at radius 2 is 1.92 bits per heavy atom. The van der Waals surface area contributed by atoms with E-state index in [-0.39, 0.29) is 11.8 Å². The normalized spacial score (nSPS) is 24.0. The highest BCUT2D eigenvalue weighted by molar-refractivity contribution is 9.10. The van der Waals surface area contributed by atoms with Gasteiger partial charge < -0.3 is 9.64 Å². The van der Waals surface area contributed by atoms with Gasteiger partial charge >= 0.3 is 0 Å². The second-order valence-electron chi connectivity index (χ2n) is 7.38. The number of ether oxygens (including phenoxy) is 1. The average molecular weight is 413 g/mol. The summed E-state index contributed by atoms with van der Waals surface area (Å²) in [5.41, 5.74) is 3.14. The molecule has 0 unspecified atom stereocenters. The lowest BCUT2D eigenvalue weighted by molar-refractivity contribution is -0.147. The summed E-state index contributed by atoms with van der Waals surface area (Å²) in [5.74, 6) is 1.00. The lowest BCUT2D eigenvalue weighted by Crippen LogP contribution is -2.58. The van der Waals surface area contributed by atoms with E-state index in [9.17, 15) is 0 Å². The van der Waals surface area contributed by atoms with Crippen LogP contribution in [0.25, 0.3) is 0 Å². The maximum Gasteiger partial charge on any atom is 0.200 e. The van der Waals surface area contributed by atoms with Gasteiger partial charge in [-0.15, -0.1) is 0 Å². The summed E-state index contributed by atoms with van der Waals surface area (Å²) >= 11 is 3.62. The number of aromatic nitrogens is 1. The number of pyridine rings is 1. The van der Waals surface area contributed by atoms with E-state index in [0.29, 0.717) is 0 Å². The molecule has 1 fully saturated rings. The molecule has 26 heavy (non-hydrogen) atoms. The van der Waals surface area contributed by atoms with Crippen molar-refractivity contribution in [2.24, 2.45) is 5.10 Å². The van der Waals surface area contributed by atoms with Crippen LogP contribution in [-0.4, -0.2) is 46.5 Å². The molecule has 5 nitrogen and oxygen atoms in total. The van der Waals surface area contributed by atoms with Gasteiger partial charge in [-0.2, -0.15) is 5.10 Å². The van der Waals surface area contributed by atoms with E-state index in [1.54, 1.807) is 0 Å². The van der Waals surface area contributed by atoms with Crippen molar-refractivity contribution >= 4 is 21.6 Å². The first kappa shape index (κ1) is 16.3. The van der Waals surface area contributed by atoms with E-state index in [0.717, 1.165) is 53.8 Å². The summed E-state index contributed by atoms with van der Waals surface area (Å²) in [7, 11) is 2.17. The highest BCUT2D eigenvalue weighted by atomic mass is 79.9. The summed E-state index contributed by atoms with van der Waals surface area (Å²) < 4.78 is 7.70. The van der Waals surface area contributed by atoms with E-state index < -0.39 is 0 Å². The lowest BCUT2D eigenvalue weighted by atomic mass is 9.91. The minimum absolute atomic E-state index is 0.225. The number of halogens is 1. The van der Waals surface area contributed by atoms with E-state index in [1.165, 1.54) is 5.56 Å². The summed E-state index contributed by atoms with van der Waals surface area (Å²) in [6.45, 7) is 2.05. The van der Waals surface area contributed by atoms with E-state index in [4.69, 9.17) is 9.84 Å². The van der Waals surface area contributed by atoms with Crippen molar-refractivity contribution in [1.29, 1.82) is 0 Å². The van der Waals surface area contributed by atoms with Crippen LogP contribution in [0.1, 0.15) is 36.4 Å². The smallest absolute Gasteiger partial charge is 0.200 e. The number of hydrogen-bond donors (Lipinski definition) is 0. The molecule has 0 saturated carbocycles. The van der Waals surface area contributed by atoms with Crippen molar-refractivity contribution in [2.45, 2.75) is 31.0 Å². The first-order chi connectivity index (χ1) is 12.6. The highest BCUT2D eigenvalue weighted by Crippen LogP contribution is 2.50. The van der Waals surface area contributed by atoms with Crippen LogP contribution in [0.4, 0.5) is 0 Å². The molecule has 0 N–H and O–H groups in total. The standard InChI is InChI=1S/C20H21BrN4O/c1-24-10-6-20(7-11-24)25-18(16-12-15(21)2-3-19(16)26-20)13-17(23-25)14-4-8-22-9-5-14/h2-5,8-9,12,18H,6-7,10-11,13H2,1H3/t18-/m0/s1. The Kier molecular flexibility index (Phi) is 3.79. The van der Waals surface area contributed by atoms with Gasteiger partial charge in [0.05, 0.1) is 11.8 Å². The monoisotopic (exact) mass is 412 g/mol. The Hall–Kier alpha value is -1.92. The number of nitrogens with zero attached hydrogens (tertiary/aromatic N) is 4. The SMILES string of the molecule is CN1CCC2(CC1)Oc1ccc(Br)cc1[C@@H]1CC(c3ccncc3)=NN12. The van der Waals surface area contributed by atoms with Crippen LogP contribution < -0.4 is 4.74 Å². The zero-order chi connectivity index (χ0) is 17.7. The average Bonchev–Trinajstić information content (AvgIpc) is 3.12. The molecule has 1 aromatic carbocycles. The Morgan fingerprint density at radius 3 is 2.69 bits per heavy atom. The quantitative estimate of drug-likeness (QED) is 0.713. The topological polar surface area (TPSA) is 41.0 Å². The molecule has 134 valence electrons. The molecule has 0 amide bonds. The van der Waals surface area contributed by atoms with Gasteiger partial charge in [-0.1, -0.05) is 15.9 Å². The number of hydrogen-bond acceptors (Lipinski definition) is 5. The maximum absolute atomic E-state index is 6.62. The Morgan fingerprint density at radius 1 is 1.15 bits per heavy atom. The Balaban J connectivity index is 1.60. The molecule has 0 aliphatic carbocycles. The lowest BCUT2D eigenvalue weighted by Gasteiger charge is -2.50. The fraction of sp³-hybridized carbons (Fsp3) is 0.400. The van der Waals surface area contributed by atoms with Crippen molar-refractivity contribution < 1.29 is 4.74 Å². The second kappa shape index (κ2) is 6.06. The van der Waals surface area contributed by atoms with Crippen molar-refractivity contribution in [1.82, 2.24) is 14.9 Å². The van der Waals surface area contributed by atoms with Gasteiger partial charge in [-0.3, -0.25) is 4.98 Å². The Labute approximate surface area is 161 Å². The van der Waals surface area contributed by atoms with E-state index in [1.807, 2.05) is 24.5 Å². The van der Waals surface area contributed by atoms with Gasteiger partial charge in [-0.05, 0) is 37.4 Å². The molecular formula is C20H21BrN4O. The molecule has 0 bridgehead atoms. The molecule has 4 heterocycles. The fourth-order valence-corrected chi connectivity index (χ4v) is 4.65.